The van der Waals surface area contributed by atoms with E-state index < -0.39 is 35.4 Å². The molecule has 4 N–H and O–H groups in total. The maximum Gasteiger partial charge on any atom is 0.331 e. The number of rotatable bonds is 3. The van der Waals surface area contributed by atoms with Gasteiger partial charge >= 0.3 is 11.9 Å². The van der Waals surface area contributed by atoms with Gasteiger partial charge in [0, 0.05) is 65.7 Å². The Balaban J connectivity index is 1.30. The molecule has 53 heavy (non-hydrogen) atoms. The Kier molecular flexibility index (Phi) is 8.10. The first-order valence-electron chi connectivity index (χ1n) is 18.0. The molecule has 14 heteroatoms. The van der Waals surface area contributed by atoms with Crippen LogP contribution in [0.25, 0.3) is 0 Å². The van der Waals surface area contributed by atoms with Gasteiger partial charge in [0.1, 0.15) is 18.1 Å². The number of phenolic OH excluding ortho intramolecular Hbond substituents is 1. The van der Waals surface area contributed by atoms with Crippen LogP contribution < -0.4 is 24.3 Å². The molecule has 3 aromatic rings. The fraction of sp³-hybridized carbons (Fsp3) is 0.487. The van der Waals surface area contributed by atoms with Crippen LogP contribution in [0.2, 0.25) is 0 Å². The smallest absolute Gasteiger partial charge is 0.331 e. The van der Waals surface area contributed by atoms with Gasteiger partial charge in [-0.05, 0) is 68.1 Å². The number of likely N-dealkylation sites (N-methyl/N-ethyl adjacent to an activating group) is 1. The number of nitrogens with one attached hydrogen (secondary N) is 1. The van der Waals surface area contributed by atoms with Gasteiger partial charge in [0.2, 0.25) is 6.79 Å². The number of carbonyl (C=O) groups excluding carboxylic acids is 2. The number of methoxy groups -OCH3 is 1. The van der Waals surface area contributed by atoms with Crippen molar-refractivity contribution in [1.29, 1.82) is 0 Å². The minimum atomic E-state index is -1.32. The summed E-state index contributed by atoms with van der Waals surface area (Å²) in [6.07, 6.45) is 1.28. The molecular weight excluding hydrogens is 703 g/mol. The van der Waals surface area contributed by atoms with Gasteiger partial charge in [-0.15, -0.1) is 11.8 Å². The van der Waals surface area contributed by atoms with E-state index in [9.17, 15) is 24.9 Å². The van der Waals surface area contributed by atoms with Crippen molar-refractivity contribution in [2.24, 2.45) is 0 Å². The van der Waals surface area contributed by atoms with Crippen LogP contribution in [0.4, 0.5) is 0 Å². The second kappa shape index (κ2) is 12.4. The van der Waals surface area contributed by atoms with E-state index in [0.717, 1.165) is 33.4 Å². The van der Waals surface area contributed by atoms with Gasteiger partial charge < -0.3 is 39.0 Å². The van der Waals surface area contributed by atoms with E-state index in [2.05, 4.69) is 28.2 Å². The second-order valence-electron chi connectivity index (χ2n) is 15.0. The number of aliphatic hydroxyl groups excluding tert-OH is 1. The molecular formula is C39H43N3O10S. The molecule has 3 aromatic carbocycles. The first-order chi connectivity index (χ1) is 25.5. The monoisotopic (exact) mass is 745 g/mol. The number of benzene rings is 3. The highest BCUT2D eigenvalue weighted by Gasteiger charge is 2.59. The lowest BCUT2D eigenvalue weighted by atomic mass is 9.73. The van der Waals surface area contributed by atoms with Gasteiger partial charge in [0.25, 0.3) is 0 Å². The maximum atomic E-state index is 14.6. The number of hydrogen-bond donors (Lipinski definition) is 4. The fourth-order valence-corrected chi connectivity index (χ4v) is 11.7. The highest BCUT2D eigenvalue weighted by atomic mass is 32.2. The van der Waals surface area contributed by atoms with Crippen LogP contribution >= 0.6 is 11.8 Å². The van der Waals surface area contributed by atoms with Crippen LogP contribution in [0.1, 0.15) is 74.3 Å². The van der Waals surface area contributed by atoms with Gasteiger partial charge in [-0.1, -0.05) is 6.07 Å². The minimum Gasteiger partial charge on any atom is -0.508 e. The Morgan fingerprint density at radius 3 is 2.62 bits per heavy atom. The molecule has 0 radical (unpaired) electrons. The predicted octanol–water partition coefficient (Wildman–Crippen LogP) is 3.58. The molecule has 0 amide bonds. The molecule has 7 heterocycles. The standard InChI is InChI=1S/C39H43N3O10S/c1-17-8-21-9-23-12-42-25-14-49-38(47)39(24-10-22(13-43)26(45)11-20(24)6-7-40-39)15-53-37(31(42)30(41(23)4)27(21)32(46)33(17)48-5)29-28(25)36-35(50-16-51-36)18(2)34(29)52-19(3)44/h8,10-11,23,25,30-31,37,40,43,45-46H,6-7,9,12-16H2,1-5H3/t23-,25?,30+,31+,37+,39+/m0/s1. The summed E-state index contributed by atoms with van der Waals surface area (Å²) in [6.45, 7) is 5.85. The van der Waals surface area contributed by atoms with E-state index in [1.54, 1.807) is 31.0 Å². The van der Waals surface area contributed by atoms with Crippen LogP contribution in [0, 0.1) is 13.8 Å². The molecule has 0 saturated carbocycles. The van der Waals surface area contributed by atoms with E-state index in [1.807, 2.05) is 13.8 Å². The molecule has 280 valence electrons. The van der Waals surface area contributed by atoms with Crippen LogP contribution in [0.5, 0.6) is 34.5 Å². The number of phenols is 2. The highest BCUT2D eigenvalue weighted by molar-refractivity contribution is 7.99. The molecule has 1 spiro atoms. The number of aryl methyl sites for hydroxylation is 1. The van der Waals surface area contributed by atoms with Crippen molar-refractivity contribution in [2.45, 2.75) is 75.2 Å². The highest BCUT2D eigenvalue weighted by Crippen LogP contribution is 2.63. The van der Waals surface area contributed by atoms with Crippen molar-refractivity contribution >= 4 is 23.7 Å². The molecule has 7 aliphatic rings. The summed E-state index contributed by atoms with van der Waals surface area (Å²) in [5.74, 6) is 1.26. The Labute approximate surface area is 311 Å². The number of fused-ring (bicyclic) bond motifs is 9. The number of aliphatic hydroxyl groups is 1. The molecule has 0 aromatic heterocycles. The number of ether oxygens (including phenoxy) is 5. The second-order valence-corrected chi connectivity index (χ2v) is 16.1. The Morgan fingerprint density at radius 2 is 1.87 bits per heavy atom. The third-order valence-electron chi connectivity index (χ3n) is 12.3. The topological polar surface area (TPSA) is 159 Å². The molecule has 10 rings (SSSR count). The van der Waals surface area contributed by atoms with Gasteiger partial charge in [-0.25, -0.2) is 4.79 Å². The molecule has 0 aliphatic carbocycles. The van der Waals surface area contributed by atoms with Gasteiger partial charge in [-0.3, -0.25) is 19.9 Å². The third-order valence-corrected chi connectivity index (χ3v) is 13.7. The van der Waals surface area contributed by atoms with Gasteiger partial charge in [0.15, 0.2) is 28.5 Å². The summed E-state index contributed by atoms with van der Waals surface area (Å²) < 4.78 is 30.6. The van der Waals surface area contributed by atoms with E-state index in [0.29, 0.717) is 65.6 Å². The Bertz CT molecular complexity index is 2090. The van der Waals surface area contributed by atoms with Gasteiger partial charge in [-0.2, -0.15) is 0 Å². The van der Waals surface area contributed by atoms with E-state index in [1.165, 1.54) is 6.92 Å². The maximum absolute atomic E-state index is 14.6. The number of aromatic hydroxyl groups is 2. The molecule has 1 unspecified atom stereocenters. The quantitative estimate of drug-likeness (QED) is 0.228. The number of thioether (sulfide) groups is 1. The largest absolute Gasteiger partial charge is 0.508 e. The summed E-state index contributed by atoms with van der Waals surface area (Å²) in [7, 11) is 3.66. The van der Waals surface area contributed by atoms with Crippen molar-refractivity contribution in [1.82, 2.24) is 15.1 Å². The van der Waals surface area contributed by atoms with Crippen molar-refractivity contribution in [2.75, 3.05) is 46.4 Å². The van der Waals surface area contributed by atoms with E-state index >= 15 is 0 Å². The molecule has 2 fully saturated rings. The first kappa shape index (κ1) is 34.6. The summed E-state index contributed by atoms with van der Waals surface area (Å²) in [6, 6.07) is 4.38. The lowest BCUT2D eigenvalue weighted by Crippen LogP contribution is -2.65. The number of nitrogens with zero attached hydrogens (tertiary/aromatic N) is 2. The predicted molar refractivity (Wildman–Crippen MR) is 193 cm³/mol. The number of piperazine rings is 1. The van der Waals surface area contributed by atoms with Crippen LogP contribution in [0.3, 0.4) is 0 Å². The zero-order chi connectivity index (χ0) is 37.1. The Hall–Kier alpha value is -4.21. The number of hydrogen-bond acceptors (Lipinski definition) is 14. The van der Waals surface area contributed by atoms with Crippen molar-refractivity contribution < 1.29 is 48.6 Å². The minimum absolute atomic E-state index is 0.00187. The SMILES string of the molecule is COc1c(C)cc2c(c1O)[C@@H]1[C@@H]3[C@@H]4SC[C@]5(NCCc6cc(O)c(CO)cc65)C(=O)OCC(c5c6c(c(C)c(OC(C)=O)c54)OCO6)N3C[C@H](C2)N1C. The van der Waals surface area contributed by atoms with Crippen LogP contribution in [-0.4, -0.2) is 95.5 Å². The molecule has 13 nitrogen and oxygen atoms in total. The zero-order valence-corrected chi connectivity index (χ0v) is 31.1. The lowest BCUT2D eigenvalue weighted by Gasteiger charge is -2.60. The summed E-state index contributed by atoms with van der Waals surface area (Å²) >= 11 is 1.55. The van der Waals surface area contributed by atoms with E-state index in [4.69, 9.17) is 23.7 Å². The summed E-state index contributed by atoms with van der Waals surface area (Å²) in [5, 5.41) is 35.9. The number of carbonyl (C=O) groups is 2. The zero-order valence-electron chi connectivity index (χ0n) is 30.3. The first-order valence-corrected chi connectivity index (χ1v) is 19.0. The molecule has 7 aliphatic heterocycles. The average Bonchev–Trinajstić information content (AvgIpc) is 3.61. The van der Waals surface area contributed by atoms with Gasteiger partial charge in [0.05, 0.1) is 31.1 Å². The van der Waals surface area contributed by atoms with Crippen molar-refractivity contribution in [3.63, 3.8) is 0 Å². The average molecular weight is 746 g/mol. The normalized spacial score (nSPS) is 28.4. The Morgan fingerprint density at radius 1 is 1.08 bits per heavy atom. The van der Waals surface area contributed by atoms with Crippen molar-refractivity contribution in [3.8, 4) is 34.5 Å². The lowest BCUT2D eigenvalue weighted by molar-refractivity contribution is -0.156. The summed E-state index contributed by atoms with van der Waals surface area (Å²) in [4.78, 5) is 32.3. The fourth-order valence-electron chi connectivity index (χ4n) is 9.95. The van der Waals surface area contributed by atoms with E-state index in [-0.39, 0.29) is 48.8 Å². The van der Waals surface area contributed by atoms with Crippen LogP contribution in [-0.2, 0) is 39.3 Å². The summed E-state index contributed by atoms with van der Waals surface area (Å²) in [5.41, 5.74) is 5.37. The molecule has 4 bridgehead atoms. The van der Waals surface area contributed by atoms with Crippen molar-refractivity contribution in [3.05, 3.63) is 68.3 Å². The van der Waals surface area contributed by atoms with Crippen LogP contribution in [0.15, 0.2) is 18.2 Å². The third kappa shape index (κ3) is 4.85. The molecule has 6 atom stereocenters. The number of esters is 2. The molecule has 2 saturated heterocycles.